The summed E-state index contributed by atoms with van der Waals surface area (Å²) in [7, 11) is 0. The third kappa shape index (κ3) is 4.58. The van der Waals surface area contributed by atoms with Crippen LogP contribution >= 0.6 is 27.3 Å². The number of ether oxygens (including phenoxy) is 1. The topological polar surface area (TPSA) is 21.3 Å². The fraction of sp³-hybridized carbons (Fsp3) is 0.333. The summed E-state index contributed by atoms with van der Waals surface area (Å²) < 4.78 is 19.6. The zero-order valence-corrected chi connectivity index (χ0v) is 13.9. The average Bonchev–Trinajstić information content (AvgIpc) is 2.85. The maximum atomic E-state index is 13.1. The molecule has 2 aromatic rings. The van der Waals surface area contributed by atoms with E-state index >= 15 is 0 Å². The zero-order chi connectivity index (χ0) is 14.5. The van der Waals surface area contributed by atoms with Crippen LogP contribution in [0.3, 0.4) is 0 Å². The van der Waals surface area contributed by atoms with Gasteiger partial charge in [0.1, 0.15) is 18.2 Å². The number of benzene rings is 1. The summed E-state index contributed by atoms with van der Waals surface area (Å²) in [5.74, 6) is 0.233. The number of halogens is 2. The van der Waals surface area contributed by atoms with Crippen LogP contribution in [0.25, 0.3) is 0 Å². The Labute approximate surface area is 131 Å². The zero-order valence-electron chi connectivity index (χ0n) is 11.5. The quantitative estimate of drug-likeness (QED) is 0.806. The van der Waals surface area contributed by atoms with Crippen LogP contribution < -0.4 is 10.1 Å². The summed E-state index contributed by atoms with van der Waals surface area (Å²) in [4.78, 5) is 2.40. The molecule has 1 aromatic heterocycles. The Balaban J connectivity index is 1.92. The van der Waals surface area contributed by atoms with E-state index in [0.717, 1.165) is 15.9 Å². The molecule has 0 aliphatic rings. The molecule has 0 bridgehead atoms. The van der Waals surface area contributed by atoms with Gasteiger partial charge in [-0.25, -0.2) is 4.39 Å². The lowest BCUT2D eigenvalue weighted by molar-refractivity contribution is 0.306. The Kier molecular flexibility index (Phi) is 5.57. The fourth-order valence-electron chi connectivity index (χ4n) is 1.64. The standard InChI is InChI=1S/C15H17BrFNOS/c1-10(2)18-8-12-4-5-13(20-12)9-19-15-7-11(17)3-6-14(15)16/h3-7,10,18H,8-9H2,1-2H3. The molecule has 0 fully saturated rings. The largest absolute Gasteiger partial charge is 0.487 e. The monoisotopic (exact) mass is 357 g/mol. The highest BCUT2D eigenvalue weighted by molar-refractivity contribution is 9.10. The van der Waals surface area contributed by atoms with Gasteiger partial charge in [0.15, 0.2) is 0 Å². The minimum atomic E-state index is -0.295. The fourth-order valence-corrected chi connectivity index (χ4v) is 2.88. The van der Waals surface area contributed by atoms with Gasteiger partial charge in [0.25, 0.3) is 0 Å². The van der Waals surface area contributed by atoms with Crippen molar-refractivity contribution >= 4 is 27.3 Å². The lowest BCUT2D eigenvalue weighted by Gasteiger charge is -2.07. The average molecular weight is 358 g/mol. The third-order valence-corrected chi connectivity index (χ3v) is 4.38. The second-order valence-electron chi connectivity index (χ2n) is 4.77. The van der Waals surface area contributed by atoms with Crippen LogP contribution in [0, 0.1) is 5.82 Å². The van der Waals surface area contributed by atoms with E-state index in [1.807, 2.05) is 0 Å². The smallest absolute Gasteiger partial charge is 0.136 e. The van der Waals surface area contributed by atoms with E-state index in [-0.39, 0.29) is 5.82 Å². The summed E-state index contributed by atoms with van der Waals surface area (Å²) in [5, 5.41) is 3.38. The van der Waals surface area contributed by atoms with Crippen molar-refractivity contribution in [3.05, 3.63) is 50.4 Å². The van der Waals surface area contributed by atoms with Gasteiger partial charge in [0.2, 0.25) is 0 Å². The second-order valence-corrected chi connectivity index (χ2v) is 6.87. The summed E-state index contributed by atoms with van der Waals surface area (Å²) >= 11 is 5.06. The van der Waals surface area contributed by atoms with E-state index in [1.54, 1.807) is 17.4 Å². The van der Waals surface area contributed by atoms with Gasteiger partial charge in [0, 0.05) is 28.4 Å². The van der Waals surface area contributed by atoms with Gasteiger partial charge in [-0.1, -0.05) is 13.8 Å². The molecule has 0 radical (unpaired) electrons. The molecular formula is C15H17BrFNOS. The Morgan fingerprint density at radius 2 is 2.00 bits per heavy atom. The number of hydrogen-bond donors (Lipinski definition) is 1. The van der Waals surface area contributed by atoms with Crippen molar-refractivity contribution in [3.8, 4) is 5.75 Å². The lowest BCUT2D eigenvalue weighted by Crippen LogP contribution is -2.21. The Morgan fingerprint density at radius 3 is 2.75 bits per heavy atom. The van der Waals surface area contributed by atoms with Crippen LogP contribution in [0.1, 0.15) is 23.6 Å². The van der Waals surface area contributed by atoms with E-state index in [4.69, 9.17) is 4.74 Å². The number of rotatable bonds is 6. The van der Waals surface area contributed by atoms with Gasteiger partial charge < -0.3 is 10.1 Å². The van der Waals surface area contributed by atoms with Crippen LogP contribution in [0.2, 0.25) is 0 Å². The van der Waals surface area contributed by atoms with Crippen molar-refractivity contribution in [1.82, 2.24) is 5.32 Å². The van der Waals surface area contributed by atoms with E-state index in [9.17, 15) is 4.39 Å². The lowest BCUT2D eigenvalue weighted by atomic mass is 10.3. The molecule has 0 unspecified atom stereocenters. The number of nitrogens with one attached hydrogen (secondary N) is 1. The molecule has 0 spiro atoms. The molecule has 1 N–H and O–H groups in total. The van der Waals surface area contributed by atoms with Crippen molar-refractivity contribution in [1.29, 1.82) is 0 Å². The SMILES string of the molecule is CC(C)NCc1ccc(COc2cc(F)ccc2Br)s1. The molecule has 1 heterocycles. The van der Waals surface area contributed by atoms with Crippen molar-refractivity contribution in [3.63, 3.8) is 0 Å². The maximum Gasteiger partial charge on any atom is 0.136 e. The van der Waals surface area contributed by atoms with Gasteiger partial charge in [-0.2, -0.15) is 0 Å². The number of thiophene rings is 1. The summed E-state index contributed by atoms with van der Waals surface area (Å²) in [6.07, 6.45) is 0. The first kappa shape index (κ1) is 15.5. The minimum Gasteiger partial charge on any atom is -0.487 e. The molecule has 0 saturated heterocycles. The summed E-state index contributed by atoms with van der Waals surface area (Å²) in [5.41, 5.74) is 0. The summed E-state index contributed by atoms with van der Waals surface area (Å²) in [6.45, 7) is 5.57. The Bertz CT molecular complexity index is 571. The van der Waals surface area contributed by atoms with Crippen LogP contribution in [-0.4, -0.2) is 6.04 Å². The first-order valence-corrected chi connectivity index (χ1v) is 8.04. The number of hydrogen-bond acceptors (Lipinski definition) is 3. The molecule has 5 heteroatoms. The third-order valence-electron chi connectivity index (χ3n) is 2.67. The molecule has 2 nitrogen and oxygen atoms in total. The summed E-state index contributed by atoms with van der Waals surface area (Å²) in [6, 6.07) is 9.06. The molecule has 108 valence electrons. The molecular weight excluding hydrogens is 341 g/mol. The van der Waals surface area contributed by atoms with E-state index < -0.39 is 0 Å². The van der Waals surface area contributed by atoms with E-state index in [2.05, 4.69) is 47.2 Å². The van der Waals surface area contributed by atoms with Crippen molar-refractivity contribution in [2.24, 2.45) is 0 Å². The van der Waals surface area contributed by atoms with Crippen LogP contribution in [0.5, 0.6) is 5.75 Å². The minimum absolute atomic E-state index is 0.295. The predicted octanol–water partition coefficient (Wildman–Crippen LogP) is 4.73. The molecule has 0 atom stereocenters. The molecule has 20 heavy (non-hydrogen) atoms. The van der Waals surface area contributed by atoms with Gasteiger partial charge >= 0.3 is 0 Å². The van der Waals surface area contributed by atoms with Gasteiger partial charge in [-0.05, 0) is 40.2 Å². The second kappa shape index (κ2) is 7.20. The van der Waals surface area contributed by atoms with Gasteiger partial charge in [-0.15, -0.1) is 11.3 Å². The van der Waals surface area contributed by atoms with Crippen molar-refractivity contribution in [2.75, 3.05) is 0 Å². The van der Waals surface area contributed by atoms with Crippen molar-refractivity contribution in [2.45, 2.75) is 33.0 Å². The highest BCUT2D eigenvalue weighted by Crippen LogP contribution is 2.27. The predicted molar refractivity (Wildman–Crippen MR) is 84.7 cm³/mol. The molecule has 0 saturated carbocycles. The highest BCUT2D eigenvalue weighted by atomic mass is 79.9. The molecule has 0 aliphatic carbocycles. The first-order chi connectivity index (χ1) is 9.54. The Hall–Kier alpha value is -0.910. The molecule has 2 rings (SSSR count). The Morgan fingerprint density at radius 1 is 1.25 bits per heavy atom. The molecule has 1 aromatic carbocycles. The maximum absolute atomic E-state index is 13.1. The molecule has 0 aliphatic heterocycles. The first-order valence-electron chi connectivity index (χ1n) is 6.43. The van der Waals surface area contributed by atoms with Crippen LogP contribution in [-0.2, 0) is 13.2 Å². The van der Waals surface area contributed by atoms with Gasteiger partial charge in [-0.3, -0.25) is 0 Å². The van der Waals surface area contributed by atoms with E-state index in [0.29, 0.717) is 18.4 Å². The van der Waals surface area contributed by atoms with Crippen LogP contribution in [0.15, 0.2) is 34.8 Å². The normalized spacial score (nSPS) is 11.1. The highest BCUT2D eigenvalue weighted by Gasteiger charge is 2.05. The van der Waals surface area contributed by atoms with E-state index in [1.165, 1.54) is 17.0 Å². The van der Waals surface area contributed by atoms with Crippen molar-refractivity contribution < 1.29 is 9.13 Å². The van der Waals surface area contributed by atoms with Crippen LogP contribution in [0.4, 0.5) is 4.39 Å². The molecule has 0 amide bonds. The van der Waals surface area contributed by atoms with Gasteiger partial charge in [0.05, 0.1) is 4.47 Å².